The number of hydrogen-bond acceptors (Lipinski definition) is 2. The summed E-state index contributed by atoms with van der Waals surface area (Å²) in [6.07, 6.45) is -3.57. The van der Waals surface area contributed by atoms with Gasteiger partial charge in [-0.25, -0.2) is 0 Å². The number of alkyl halides is 3. The zero-order chi connectivity index (χ0) is 12.3. The minimum Gasteiger partial charge on any atom is -0.379 e. The van der Waals surface area contributed by atoms with Crippen LogP contribution < -0.4 is 5.32 Å². The van der Waals surface area contributed by atoms with E-state index >= 15 is 0 Å². The van der Waals surface area contributed by atoms with E-state index < -0.39 is 11.7 Å². The molecule has 1 saturated heterocycles. The lowest BCUT2D eigenvalue weighted by Gasteiger charge is -2.23. The number of hydrogen-bond donors (Lipinski definition) is 1. The summed E-state index contributed by atoms with van der Waals surface area (Å²) in [5, 5.41) is 3.27. The van der Waals surface area contributed by atoms with Gasteiger partial charge in [-0.15, -0.1) is 0 Å². The Bertz CT molecular complexity index is 355. The van der Waals surface area contributed by atoms with Crippen molar-refractivity contribution in [1.29, 1.82) is 0 Å². The average molecular weight is 245 g/mol. The van der Waals surface area contributed by atoms with E-state index in [1.54, 1.807) is 0 Å². The van der Waals surface area contributed by atoms with Crippen molar-refractivity contribution in [3.63, 3.8) is 0 Å². The maximum absolute atomic E-state index is 12.3. The maximum Gasteiger partial charge on any atom is 0.416 e. The van der Waals surface area contributed by atoms with Gasteiger partial charge in [-0.1, -0.05) is 12.1 Å². The fourth-order valence-corrected chi connectivity index (χ4v) is 1.87. The number of ether oxygens (including phenoxy) is 1. The van der Waals surface area contributed by atoms with Gasteiger partial charge in [0.05, 0.1) is 18.8 Å². The zero-order valence-corrected chi connectivity index (χ0v) is 9.26. The first-order valence-electron chi connectivity index (χ1n) is 5.53. The lowest BCUT2D eigenvalue weighted by Crippen LogP contribution is -2.42. The second-order valence-corrected chi connectivity index (χ2v) is 4.12. The normalized spacial score (nSPS) is 21.5. The lowest BCUT2D eigenvalue weighted by atomic mass is 10.0. The SMILES string of the molecule is FC(F)(F)c1ccc(CC2COCCN2)cc1. The van der Waals surface area contributed by atoms with Crippen molar-refractivity contribution in [1.82, 2.24) is 5.32 Å². The van der Waals surface area contributed by atoms with E-state index in [1.165, 1.54) is 12.1 Å². The van der Waals surface area contributed by atoms with Gasteiger partial charge in [0, 0.05) is 12.6 Å². The minimum atomic E-state index is -4.26. The third-order valence-electron chi connectivity index (χ3n) is 2.76. The molecule has 1 aliphatic rings. The summed E-state index contributed by atoms with van der Waals surface area (Å²) in [6, 6.07) is 5.50. The summed E-state index contributed by atoms with van der Waals surface area (Å²) in [5.74, 6) is 0. The van der Waals surface area contributed by atoms with Gasteiger partial charge < -0.3 is 10.1 Å². The molecule has 1 aromatic rings. The molecule has 0 saturated carbocycles. The highest BCUT2D eigenvalue weighted by Crippen LogP contribution is 2.29. The van der Waals surface area contributed by atoms with Crippen molar-refractivity contribution < 1.29 is 17.9 Å². The van der Waals surface area contributed by atoms with Gasteiger partial charge in [0.15, 0.2) is 0 Å². The molecule has 1 aliphatic heterocycles. The Hall–Kier alpha value is -1.07. The van der Waals surface area contributed by atoms with E-state index in [0.717, 1.165) is 24.2 Å². The van der Waals surface area contributed by atoms with Gasteiger partial charge >= 0.3 is 6.18 Å². The summed E-state index contributed by atoms with van der Waals surface area (Å²) in [4.78, 5) is 0. The Labute approximate surface area is 97.8 Å². The van der Waals surface area contributed by atoms with Gasteiger partial charge in [-0.2, -0.15) is 13.2 Å². The molecule has 1 N–H and O–H groups in total. The van der Waals surface area contributed by atoms with Gasteiger partial charge in [-0.05, 0) is 24.1 Å². The van der Waals surface area contributed by atoms with Crippen LogP contribution in [0.4, 0.5) is 13.2 Å². The summed E-state index contributed by atoms with van der Waals surface area (Å²) in [5.41, 5.74) is 0.287. The summed E-state index contributed by atoms with van der Waals surface area (Å²) in [7, 11) is 0. The Morgan fingerprint density at radius 2 is 1.94 bits per heavy atom. The predicted molar refractivity (Wildman–Crippen MR) is 57.8 cm³/mol. The molecular weight excluding hydrogens is 231 g/mol. The minimum absolute atomic E-state index is 0.195. The maximum atomic E-state index is 12.3. The van der Waals surface area contributed by atoms with E-state index in [9.17, 15) is 13.2 Å². The molecule has 94 valence electrons. The van der Waals surface area contributed by atoms with Crippen molar-refractivity contribution in [2.24, 2.45) is 0 Å². The highest BCUT2D eigenvalue weighted by Gasteiger charge is 2.30. The second kappa shape index (κ2) is 5.06. The topological polar surface area (TPSA) is 21.3 Å². The second-order valence-electron chi connectivity index (χ2n) is 4.12. The Balaban J connectivity index is 1.98. The average Bonchev–Trinajstić information content (AvgIpc) is 2.30. The fraction of sp³-hybridized carbons (Fsp3) is 0.500. The van der Waals surface area contributed by atoms with Gasteiger partial charge in [0.1, 0.15) is 0 Å². The van der Waals surface area contributed by atoms with Crippen molar-refractivity contribution in [3.05, 3.63) is 35.4 Å². The van der Waals surface area contributed by atoms with Crippen LogP contribution in [-0.2, 0) is 17.3 Å². The predicted octanol–water partition coefficient (Wildman–Crippen LogP) is 2.24. The third kappa shape index (κ3) is 3.44. The monoisotopic (exact) mass is 245 g/mol. The Morgan fingerprint density at radius 1 is 1.24 bits per heavy atom. The molecule has 0 amide bonds. The van der Waals surface area contributed by atoms with E-state index in [0.29, 0.717) is 19.6 Å². The molecule has 1 fully saturated rings. The Morgan fingerprint density at radius 3 is 2.47 bits per heavy atom. The molecule has 1 unspecified atom stereocenters. The van der Waals surface area contributed by atoms with Crippen molar-refractivity contribution in [2.75, 3.05) is 19.8 Å². The largest absolute Gasteiger partial charge is 0.416 e. The standard InChI is InChI=1S/C12H14F3NO/c13-12(14,15)10-3-1-9(2-4-10)7-11-8-17-6-5-16-11/h1-4,11,16H,5-8H2. The van der Waals surface area contributed by atoms with Crippen LogP contribution in [0.3, 0.4) is 0 Å². The first-order chi connectivity index (χ1) is 8.05. The number of morpholine rings is 1. The van der Waals surface area contributed by atoms with Gasteiger partial charge in [0.25, 0.3) is 0 Å². The molecule has 1 aromatic carbocycles. The van der Waals surface area contributed by atoms with Crippen molar-refractivity contribution in [2.45, 2.75) is 18.6 Å². The fourth-order valence-electron chi connectivity index (χ4n) is 1.87. The van der Waals surface area contributed by atoms with Crippen LogP contribution in [0.5, 0.6) is 0 Å². The first kappa shape index (κ1) is 12.4. The Kier molecular flexibility index (Phi) is 3.69. The van der Waals surface area contributed by atoms with Crippen LogP contribution >= 0.6 is 0 Å². The van der Waals surface area contributed by atoms with Crippen LogP contribution in [0, 0.1) is 0 Å². The third-order valence-corrected chi connectivity index (χ3v) is 2.76. The number of rotatable bonds is 2. The summed E-state index contributed by atoms with van der Waals surface area (Å²) in [6.45, 7) is 2.11. The van der Waals surface area contributed by atoms with Gasteiger partial charge in [0.2, 0.25) is 0 Å². The van der Waals surface area contributed by atoms with E-state index in [4.69, 9.17) is 4.74 Å². The number of halogens is 3. The molecule has 1 atom stereocenters. The molecule has 0 spiro atoms. The molecule has 0 aliphatic carbocycles. The molecule has 0 radical (unpaired) electrons. The smallest absolute Gasteiger partial charge is 0.379 e. The molecule has 2 nitrogen and oxygen atoms in total. The number of benzene rings is 1. The molecule has 17 heavy (non-hydrogen) atoms. The van der Waals surface area contributed by atoms with Crippen LogP contribution in [0.2, 0.25) is 0 Å². The highest BCUT2D eigenvalue weighted by atomic mass is 19.4. The summed E-state index contributed by atoms with van der Waals surface area (Å²) < 4.78 is 42.3. The quantitative estimate of drug-likeness (QED) is 0.862. The molecular formula is C12H14F3NO. The van der Waals surface area contributed by atoms with E-state index in [2.05, 4.69) is 5.32 Å². The summed E-state index contributed by atoms with van der Waals surface area (Å²) >= 11 is 0. The van der Waals surface area contributed by atoms with Crippen LogP contribution in [0.15, 0.2) is 24.3 Å². The van der Waals surface area contributed by atoms with E-state index in [-0.39, 0.29) is 6.04 Å². The van der Waals surface area contributed by atoms with E-state index in [1.807, 2.05) is 0 Å². The molecule has 5 heteroatoms. The van der Waals surface area contributed by atoms with Crippen LogP contribution in [0.25, 0.3) is 0 Å². The molecule has 2 rings (SSSR count). The van der Waals surface area contributed by atoms with Crippen molar-refractivity contribution in [3.8, 4) is 0 Å². The molecule has 1 heterocycles. The lowest BCUT2D eigenvalue weighted by molar-refractivity contribution is -0.137. The molecule has 0 aromatic heterocycles. The van der Waals surface area contributed by atoms with Crippen LogP contribution in [0.1, 0.15) is 11.1 Å². The highest BCUT2D eigenvalue weighted by molar-refractivity contribution is 5.25. The van der Waals surface area contributed by atoms with Crippen LogP contribution in [-0.4, -0.2) is 25.8 Å². The zero-order valence-electron chi connectivity index (χ0n) is 9.26. The van der Waals surface area contributed by atoms with Crippen molar-refractivity contribution >= 4 is 0 Å². The number of nitrogens with one attached hydrogen (secondary N) is 1. The molecule has 0 bridgehead atoms. The van der Waals surface area contributed by atoms with Gasteiger partial charge in [-0.3, -0.25) is 0 Å². The first-order valence-corrected chi connectivity index (χ1v) is 5.53.